The number of ether oxygens (including phenoxy) is 9. The molecule has 7 rings (SSSR count). The van der Waals surface area contributed by atoms with Gasteiger partial charge in [0, 0.05) is 6.92 Å². The molecule has 0 unspecified atom stereocenters. The van der Waals surface area contributed by atoms with Gasteiger partial charge in [-0.3, -0.25) is 4.79 Å². The monoisotopic (exact) mass is 989 g/mol. The van der Waals surface area contributed by atoms with Gasteiger partial charge in [-0.15, -0.1) is 0 Å². The van der Waals surface area contributed by atoms with Gasteiger partial charge in [-0.05, 0) is 52.5 Å². The number of benzene rings is 5. The Morgan fingerprint density at radius 3 is 1.48 bits per heavy atom. The van der Waals surface area contributed by atoms with Crippen LogP contribution in [-0.4, -0.2) is 101 Å². The van der Waals surface area contributed by atoms with Gasteiger partial charge in [-0.25, -0.2) is 9.59 Å². The molecule has 0 saturated carbocycles. The van der Waals surface area contributed by atoms with E-state index in [2.05, 4.69) is 39.2 Å². The van der Waals surface area contributed by atoms with Crippen molar-refractivity contribution in [1.82, 2.24) is 5.32 Å². The molecule has 5 aromatic rings. The Kier molecular flexibility index (Phi) is 18.9. The summed E-state index contributed by atoms with van der Waals surface area (Å²) in [6.07, 6.45) is -11.1. The van der Waals surface area contributed by atoms with Crippen LogP contribution in [0.2, 0.25) is 18.1 Å². The molecule has 2 saturated heterocycles. The molecule has 1 amide bonds. The highest BCUT2D eigenvalue weighted by Gasteiger charge is 2.57. The summed E-state index contributed by atoms with van der Waals surface area (Å²) in [5.74, 6) is -1.92. The van der Waals surface area contributed by atoms with Crippen LogP contribution in [-0.2, 0) is 83.1 Å². The molecule has 0 spiro atoms. The van der Waals surface area contributed by atoms with Crippen molar-refractivity contribution >= 4 is 26.2 Å². The molecule has 15 heteroatoms. The smallest absolute Gasteiger partial charge is 0.338 e. The molecule has 1 N–H and O–H groups in total. The van der Waals surface area contributed by atoms with Crippen molar-refractivity contribution in [3.63, 3.8) is 0 Å². The van der Waals surface area contributed by atoms with Gasteiger partial charge in [0.05, 0.1) is 45.7 Å². The van der Waals surface area contributed by atoms with E-state index in [1.54, 1.807) is 30.3 Å². The van der Waals surface area contributed by atoms with Crippen molar-refractivity contribution in [2.24, 2.45) is 0 Å². The average molecular weight is 990 g/mol. The van der Waals surface area contributed by atoms with Gasteiger partial charge in [-0.1, -0.05) is 160 Å². The molecule has 2 fully saturated rings. The highest BCUT2D eigenvalue weighted by atomic mass is 28.4. The molecule has 0 aromatic heterocycles. The summed E-state index contributed by atoms with van der Waals surface area (Å²) < 4.78 is 66.5. The summed E-state index contributed by atoms with van der Waals surface area (Å²) in [5, 5.41) is 2.88. The van der Waals surface area contributed by atoms with Crippen LogP contribution in [0.4, 0.5) is 0 Å². The van der Waals surface area contributed by atoms with Gasteiger partial charge in [0.1, 0.15) is 36.6 Å². The van der Waals surface area contributed by atoms with Gasteiger partial charge in [0.25, 0.3) is 0 Å². The number of carbonyl (C=O) groups excluding carboxylic acids is 3. The maximum Gasteiger partial charge on any atom is 0.338 e. The third-order valence-electron chi connectivity index (χ3n) is 13.0. The van der Waals surface area contributed by atoms with Crippen molar-refractivity contribution in [1.29, 1.82) is 0 Å². The van der Waals surface area contributed by atoms with E-state index < -0.39 is 87.5 Å². The third-order valence-corrected chi connectivity index (χ3v) is 17.5. The first-order valence-electron chi connectivity index (χ1n) is 24.0. The van der Waals surface area contributed by atoms with Gasteiger partial charge in [0.15, 0.2) is 33.1 Å². The molecular weight excluding hydrogens is 923 g/mol. The minimum absolute atomic E-state index is 0.0214. The summed E-state index contributed by atoms with van der Waals surface area (Å²) >= 11 is 0. The second kappa shape index (κ2) is 25.2. The maximum absolute atomic E-state index is 14.4. The Bertz CT molecular complexity index is 2410. The molecule has 71 heavy (non-hydrogen) atoms. The first-order chi connectivity index (χ1) is 34.2. The topological polar surface area (TPSA) is 156 Å². The zero-order valence-electron chi connectivity index (χ0n) is 41.6. The van der Waals surface area contributed by atoms with Crippen LogP contribution in [0.3, 0.4) is 0 Å². The van der Waals surface area contributed by atoms with E-state index in [0.717, 1.165) is 22.3 Å². The molecule has 2 heterocycles. The Balaban J connectivity index is 1.36. The Morgan fingerprint density at radius 1 is 0.563 bits per heavy atom. The lowest BCUT2D eigenvalue weighted by molar-refractivity contribution is -0.350. The molecule has 0 radical (unpaired) electrons. The fraction of sp³-hybridized carbons (Fsp3) is 0.411. The van der Waals surface area contributed by atoms with Crippen molar-refractivity contribution in [2.45, 2.75) is 134 Å². The van der Waals surface area contributed by atoms with Crippen LogP contribution < -0.4 is 5.32 Å². The van der Waals surface area contributed by atoms with E-state index in [9.17, 15) is 14.4 Å². The fourth-order valence-corrected chi connectivity index (χ4v) is 9.15. The first kappa shape index (κ1) is 53.2. The summed E-state index contributed by atoms with van der Waals surface area (Å²) in [5.41, 5.74) is 3.56. The van der Waals surface area contributed by atoms with Gasteiger partial charge < -0.3 is 52.4 Å². The lowest BCUT2D eigenvalue weighted by Crippen LogP contribution is -2.69. The van der Waals surface area contributed by atoms with Crippen LogP contribution in [0.5, 0.6) is 0 Å². The molecule has 0 aliphatic carbocycles. The highest BCUT2D eigenvalue weighted by molar-refractivity contribution is 6.74. The van der Waals surface area contributed by atoms with E-state index in [0.29, 0.717) is 0 Å². The zero-order chi connectivity index (χ0) is 50.4. The van der Waals surface area contributed by atoms with E-state index in [-0.39, 0.29) is 43.6 Å². The number of esters is 2. The Hall–Kier alpha value is -5.59. The van der Waals surface area contributed by atoms with Crippen LogP contribution in [0, 0.1) is 0 Å². The van der Waals surface area contributed by atoms with E-state index >= 15 is 0 Å². The molecule has 2 aliphatic heterocycles. The number of hydrogen-bond acceptors (Lipinski definition) is 13. The van der Waals surface area contributed by atoms with E-state index in [1.165, 1.54) is 14.0 Å². The van der Waals surface area contributed by atoms with Crippen molar-refractivity contribution < 1.29 is 61.4 Å². The van der Waals surface area contributed by atoms with Crippen molar-refractivity contribution in [3.05, 3.63) is 179 Å². The highest BCUT2D eigenvalue weighted by Crippen LogP contribution is 2.39. The minimum Gasteiger partial charge on any atom is -0.467 e. The van der Waals surface area contributed by atoms with Crippen LogP contribution in [0.25, 0.3) is 0 Å². The van der Waals surface area contributed by atoms with E-state index in [1.807, 2.05) is 121 Å². The molecule has 378 valence electrons. The van der Waals surface area contributed by atoms with Crippen molar-refractivity contribution in [3.8, 4) is 0 Å². The Labute approximate surface area is 418 Å². The van der Waals surface area contributed by atoms with Gasteiger partial charge >= 0.3 is 11.9 Å². The summed E-state index contributed by atoms with van der Waals surface area (Å²) in [6, 6.07) is 45.5. The summed E-state index contributed by atoms with van der Waals surface area (Å²) in [6.45, 7) is 12.5. The molecule has 10 atom stereocenters. The lowest BCUT2D eigenvalue weighted by Gasteiger charge is -2.50. The fourth-order valence-electron chi connectivity index (χ4n) is 8.14. The standard InChI is InChI=1S/C56H67NO13Si/c1-38(58)57-45-47(46(62-33-39-23-13-8-14-24-39)44(37-66-71(6,7)56(2,3)4)67-54(45)65-36-42-29-19-11-20-30-42)69-55-51(68-52(59)43-31-21-12-22-32-43)49(64-35-41-27-17-10-18-28-41)48(50(70-55)53(60)61-5)63-34-40-25-15-9-16-26-40/h8-32,44-51,54-55H,33-37H2,1-7H3,(H,57,58)/t44-,45-,46+,47-,48+,49+,50+,51-,54-,55-/m1/s1. The lowest BCUT2D eigenvalue weighted by atomic mass is 9.94. The largest absolute Gasteiger partial charge is 0.467 e. The molecular formula is C56H67NO13Si. The number of amides is 1. The van der Waals surface area contributed by atoms with Crippen LogP contribution in [0.1, 0.15) is 60.3 Å². The molecule has 2 aliphatic rings. The van der Waals surface area contributed by atoms with Gasteiger partial charge in [0.2, 0.25) is 5.91 Å². The molecule has 5 aromatic carbocycles. The SMILES string of the molecule is COC(=O)[C@H]1O[C@@H](O[C@@H]2[C@@H](NC(C)=O)[C@H](OCc3ccccc3)O[C@H](CO[Si](C)(C)C(C)(C)C)[C@@H]2OCc2ccccc2)[C@H](OC(=O)c2ccccc2)[C@@H](OCc2ccccc2)[C@@H]1OCc1ccccc1. The normalized spacial score (nSPS) is 24.7. The summed E-state index contributed by atoms with van der Waals surface area (Å²) in [4.78, 5) is 41.9. The number of methoxy groups -OCH3 is 1. The second-order valence-corrected chi connectivity index (χ2v) is 24.0. The zero-order valence-corrected chi connectivity index (χ0v) is 42.6. The predicted molar refractivity (Wildman–Crippen MR) is 267 cm³/mol. The summed E-state index contributed by atoms with van der Waals surface area (Å²) in [7, 11) is -1.18. The van der Waals surface area contributed by atoms with Crippen LogP contribution >= 0.6 is 0 Å². The number of nitrogens with one attached hydrogen (secondary N) is 1. The number of rotatable bonds is 21. The first-order valence-corrected chi connectivity index (χ1v) is 26.9. The maximum atomic E-state index is 14.4. The quantitative estimate of drug-likeness (QED) is 0.0551. The average Bonchev–Trinajstić information content (AvgIpc) is 3.38. The molecule has 0 bridgehead atoms. The van der Waals surface area contributed by atoms with Crippen LogP contribution in [0.15, 0.2) is 152 Å². The van der Waals surface area contributed by atoms with E-state index in [4.69, 9.17) is 47.1 Å². The molecule has 14 nitrogen and oxygen atoms in total. The van der Waals surface area contributed by atoms with Gasteiger partial charge in [-0.2, -0.15) is 0 Å². The Morgan fingerprint density at radius 2 is 1.01 bits per heavy atom. The third kappa shape index (κ3) is 14.5. The minimum atomic E-state index is -2.43. The predicted octanol–water partition coefficient (Wildman–Crippen LogP) is 8.72. The van der Waals surface area contributed by atoms with Crippen molar-refractivity contribution in [2.75, 3.05) is 13.7 Å². The number of carbonyl (C=O) groups is 3. The number of hydrogen-bond donors (Lipinski definition) is 1. The second-order valence-electron chi connectivity index (χ2n) is 19.2.